The van der Waals surface area contributed by atoms with Crippen molar-refractivity contribution in [2.75, 3.05) is 31.5 Å². The largest absolute Gasteiger partial charge is 0.340 e. The lowest BCUT2D eigenvalue weighted by molar-refractivity contribution is -0.133. The third kappa shape index (κ3) is 4.06. The number of hydrogen-bond acceptors (Lipinski definition) is 3. The number of para-hydroxylation sites is 1. The summed E-state index contributed by atoms with van der Waals surface area (Å²) in [4.78, 5) is 25.6. The molecule has 108 valence electrons. The maximum atomic E-state index is 11.9. The second-order valence-electron chi connectivity index (χ2n) is 4.99. The van der Waals surface area contributed by atoms with Gasteiger partial charge in [-0.2, -0.15) is 0 Å². The van der Waals surface area contributed by atoms with E-state index in [0.29, 0.717) is 0 Å². The van der Waals surface area contributed by atoms with E-state index in [4.69, 9.17) is 0 Å². The molecule has 1 aliphatic heterocycles. The number of nitrogens with zero attached hydrogens (tertiary/aromatic N) is 1. The third-order valence-corrected chi connectivity index (χ3v) is 3.45. The average molecular weight is 275 g/mol. The number of rotatable bonds is 4. The van der Waals surface area contributed by atoms with E-state index >= 15 is 0 Å². The van der Waals surface area contributed by atoms with Crippen LogP contribution in [0.3, 0.4) is 0 Å². The highest BCUT2D eigenvalue weighted by molar-refractivity contribution is 5.93. The number of aryl methyl sites for hydroxylation is 1. The van der Waals surface area contributed by atoms with Gasteiger partial charge in [0, 0.05) is 44.7 Å². The van der Waals surface area contributed by atoms with Gasteiger partial charge in [-0.1, -0.05) is 18.2 Å². The van der Waals surface area contributed by atoms with Crippen LogP contribution in [0.15, 0.2) is 24.3 Å². The van der Waals surface area contributed by atoms with Gasteiger partial charge in [0.1, 0.15) is 0 Å². The fourth-order valence-electron chi connectivity index (χ4n) is 2.22. The van der Waals surface area contributed by atoms with E-state index in [1.54, 1.807) is 0 Å². The molecule has 0 unspecified atom stereocenters. The summed E-state index contributed by atoms with van der Waals surface area (Å²) in [5.41, 5.74) is 1.83. The zero-order valence-corrected chi connectivity index (χ0v) is 11.8. The number of hydrogen-bond donors (Lipinski definition) is 2. The van der Waals surface area contributed by atoms with Gasteiger partial charge in [0.25, 0.3) is 0 Å². The van der Waals surface area contributed by atoms with Crippen molar-refractivity contribution in [3.8, 4) is 0 Å². The monoisotopic (exact) mass is 275 g/mol. The molecule has 20 heavy (non-hydrogen) atoms. The summed E-state index contributed by atoms with van der Waals surface area (Å²) in [6.07, 6.45) is 0.509. The molecule has 1 fully saturated rings. The third-order valence-electron chi connectivity index (χ3n) is 3.45. The van der Waals surface area contributed by atoms with Gasteiger partial charge in [0.05, 0.1) is 0 Å². The Hall–Kier alpha value is -1.88. The Labute approximate surface area is 119 Å². The molecule has 0 saturated carbocycles. The van der Waals surface area contributed by atoms with Crippen molar-refractivity contribution in [1.82, 2.24) is 10.2 Å². The Morgan fingerprint density at radius 3 is 2.60 bits per heavy atom. The molecule has 0 spiro atoms. The van der Waals surface area contributed by atoms with E-state index < -0.39 is 0 Å². The van der Waals surface area contributed by atoms with Crippen LogP contribution >= 0.6 is 0 Å². The predicted octanol–water partition coefficient (Wildman–Crippen LogP) is 1.15. The summed E-state index contributed by atoms with van der Waals surface area (Å²) in [7, 11) is 0. The zero-order chi connectivity index (χ0) is 14.4. The first kappa shape index (κ1) is 14.5. The smallest absolute Gasteiger partial charge is 0.224 e. The van der Waals surface area contributed by atoms with Gasteiger partial charge >= 0.3 is 0 Å². The minimum Gasteiger partial charge on any atom is -0.340 e. The average Bonchev–Trinajstić information content (AvgIpc) is 2.48. The Balaban J connectivity index is 1.77. The molecule has 1 aromatic rings. The molecule has 0 bridgehead atoms. The Morgan fingerprint density at radius 1 is 1.20 bits per heavy atom. The first-order valence-corrected chi connectivity index (χ1v) is 7.01. The summed E-state index contributed by atoms with van der Waals surface area (Å²) in [6, 6.07) is 7.63. The second kappa shape index (κ2) is 7.05. The van der Waals surface area contributed by atoms with Crippen LogP contribution in [-0.2, 0) is 9.59 Å². The number of carbonyl (C=O) groups is 2. The molecule has 2 rings (SSSR count). The molecular weight excluding hydrogens is 254 g/mol. The summed E-state index contributed by atoms with van der Waals surface area (Å²) < 4.78 is 0. The Kier molecular flexibility index (Phi) is 5.12. The SMILES string of the molecule is Cc1ccccc1NC(=O)CCC(=O)N1CCNCC1. The van der Waals surface area contributed by atoms with Gasteiger partial charge in [-0.05, 0) is 18.6 Å². The number of benzene rings is 1. The van der Waals surface area contributed by atoms with Crippen LogP contribution in [-0.4, -0.2) is 42.9 Å². The summed E-state index contributed by atoms with van der Waals surface area (Å²) in [6.45, 7) is 5.08. The van der Waals surface area contributed by atoms with Gasteiger partial charge < -0.3 is 15.5 Å². The highest BCUT2D eigenvalue weighted by Gasteiger charge is 2.17. The summed E-state index contributed by atoms with van der Waals surface area (Å²) in [5.74, 6) is -0.0470. The quantitative estimate of drug-likeness (QED) is 0.866. The second-order valence-corrected chi connectivity index (χ2v) is 4.99. The van der Waals surface area contributed by atoms with Crippen LogP contribution in [0, 0.1) is 6.92 Å². The molecule has 0 radical (unpaired) electrons. The molecular formula is C15H21N3O2. The van der Waals surface area contributed by atoms with Crippen LogP contribution in [0.2, 0.25) is 0 Å². The first-order valence-electron chi connectivity index (χ1n) is 7.01. The van der Waals surface area contributed by atoms with Crippen molar-refractivity contribution in [2.45, 2.75) is 19.8 Å². The van der Waals surface area contributed by atoms with Gasteiger partial charge in [-0.25, -0.2) is 0 Å². The topological polar surface area (TPSA) is 61.4 Å². The van der Waals surface area contributed by atoms with Crippen LogP contribution in [0.5, 0.6) is 0 Å². The molecule has 5 heteroatoms. The molecule has 1 aromatic carbocycles. The number of nitrogens with one attached hydrogen (secondary N) is 2. The highest BCUT2D eigenvalue weighted by Crippen LogP contribution is 2.13. The van der Waals surface area contributed by atoms with Crippen LogP contribution in [0.25, 0.3) is 0 Å². The lowest BCUT2D eigenvalue weighted by Gasteiger charge is -2.27. The highest BCUT2D eigenvalue weighted by atomic mass is 16.2. The van der Waals surface area contributed by atoms with E-state index in [2.05, 4.69) is 10.6 Å². The number of piperazine rings is 1. The van der Waals surface area contributed by atoms with E-state index in [-0.39, 0.29) is 24.7 Å². The fraction of sp³-hybridized carbons (Fsp3) is 0.467. The van der Waals surface area contributed by atoms with Crippen LogP contribution in [0.1, 0.15) is 18.4 Å². The number of anilines is 1. The Bertz CT molecular complexity index is 482. The predicted molar refractivity (Wildman–Crippen MR) is 78.5 cm³/mol. The van der Waals surface area contributed by atoms with Crippen molar-refractivity contribution in [3.63, 3.8) is 0 Å². The Morgan fingerprint density at radius 2 is 1.90 bits per heavy atom. The van der Waals surface area contributed by atoms with Gasteiger partial charge in [0.2, 0.25) is 11.8 Å². The minimum atomic E-state index is -0.109. The van der Waals surface area contributed by atoms with Crippen molar-refractivity contribution >= 4 is 17.5 Å². The minimum absolute atomic E-state index is 0.0615. The summed E-state index contributed by atoms with van der Waals surface area (Å²) in [5, 5.41) is 6.05. The van der Waals surface area contributed by atoms with E-state index in [1.807, 2.05) is 36.1 Å². The molecule has 1 aliphatic rings. The van der Waals surface area contributed by atoms with E-state index in [1.165, 1.54) is 0 Å². The molecule has 2 N–H and O–H groups in total. The zero-order valence-electron chi connectivity index (χ0n) is 11.8. The van der Waals surface area contributed by atoms with E-state index in [9.17, 15) is 9.59 Å². The van der Waals surface area contributed by atoms with Crippen molar-refractivity contribution in [2.24, 2.45) is 0 Å². The van der Waals surface area contributed by atoms with Crippen molar-refractivity contribution in [3.05, 3.63) is 29.8 Å². The van der Waals surface area contributed by atoms with E-state index in [0.717, 1.165) is 37.4 Å². The normalized spacial score (nSPS) is 14.9. The fourth-order valence-corrected chi connectivity index (χ4v) is 2.22. The maximum Gasteiger partial charge on any atom is 0.224 e. The van der Waals surface area contributed by atoms with Crippen LogP contribution < -0.4 is 10.6 Å². The standard InChI is InChI=1S/C15H21N3O2/c1-12-4-2-3-5-13(12)17-14(19)6-7-15(20)18-10-8-16-9-11-18/h2-5,16H,6-11H2,1H3,(H,17,19). The molecule has 0 atom stereocenters. The van der Waals surface area contributed by atoms with Crippen LogP contribution in [0.4, 0.5) is 5.69 Å². The van der Waals surface area contributed by atoms with Gasteiger partial charge in [-0.15, -0.1) is 0 Å². The summed E-state index contributed by atoms with van der Waals surface area (Å²) >= 11 is 0. The van der Waals surface area contributed by atoms with Gasteiger partial charge in [0.15, 0.2) is 0 Å². The molecule has 5 nitrogen and oxygen atoms in total. The molecule has 1 heterocycles. The van der Waals surface area contributed by atoms with Crippen molar-refractivity contribution < 1.29 is 9.59 Å². The number of carbonyl (C=O) groups excluding carboxylic acids is 2. The molecule has 0 aliphatic carbocycles. The molecule has 0 aromatic heterocycles. The number of amides is 2. The molecule has 1 saturated heterocycles. The lowest BCUT2D eigenvalue weighted by Crippen LogP contribution is -2.46. The van der Waals surface area contributed by atoms with Gasteiger partial charge in [-0.3, -0.25) is 9.59 Å². The lowest BCUT2D eigenvalue weighted by atomic mass is 10.2. The molecule has 2 amide bonds. The first-order chi connectivity index (χ1) is 9.66. The maximum absolute atomic E-state index is 11.9. The van der Waals surface area contributed by atoms with Crippen molar-refractivity contribution in [1.29, 1.82) is 0 Å².